The Labute approximate surface area is 132 Å². The molecule has 1 heterocycles. The normalized spacial score (nSPS) is 18.6. The molecule has 0 aromatic heterocycles. The third kappa shape index (κ3) is 4.01. The first-order valence-corrected chi connectivity index (χ1v) is 7.99. The monoisotopic (exact) mass is 348 g/mol. The van der Waals surface area contributed by atoms with E-state index in [1.807, 2.05) is 0 Å². The zero-order chi connectivity index (χ0) is 17.2. The Morgan fingerprint density at radius 3 is 2.52 bits per heavy atom. The van der Waals surface area contributed by atoms with Crippen molar-refractivity contribution in [1.82, 2.24) is 0 Å². The molecule has 6 nitrogen and oxygen atoms in total. The molecule has 0 aliphatic carbocycles. The molecule has 2 rings (SSSR count). The Balaban J connectivity index is 2.49. The summed E-state index contributed by atoms with van der Waals surface area (Å²) >= 11 is 0. The third-order valence-corrected chi connectivity index (χ3v) is 4.73. The average molecular weight is 348 g/mol. The first kappa shape index (κ1) is 17.3. The van der Waals surface area contributed by atoms with Gasteiger partial charge in [0.2, 0.25) is 0 Å². The Morgan fingerprint density at radius 1 is 1.26 bits per heavy atom. The average Bonchev–Trinajstić information content (AvgIpc) is 2.45. The van der Waals surface area contributed by atoms with Crippen LogP contribution in [0, 0.1) is 0 Å². The second-order valence-electron chi connectivity index (χ2n) is 4.91. The number of carbonyl (C=O) groups excluding carboxylic acids is 1. The zero-order valence-corrected chi connectivity index (χ0v) is 12.8. The summed E-state index contributed by atoms with van der Waals surface area (Å²) in [6, 6.07) is 2.99. The molecular weight excluding hydrogens is 333 g/mol. The number of alkyl halides is 3. The van der Waals surface area contributed by atoms with E-state index in [2.05, 4.69) is 4.99 Å². The molecule has 4 N–H and O–H groups in total. The van der Waals surface area contributed by atoms with E-state index in [0.29, 0.717) is 24.7 Å². The number of carbonyl (C=O) groups is 1. The number of rotatable bonds is 2. The van der Waals surface area contributed by atoms with E-state index in [9.17, 15) is 22.2 Å². The molecule has 0 spiro atoms. The summed E-state index contributed by atoms with van der Waals surface area (Å²) in [5.74, 6) is -1.20. The van der Waals surface area contributed by atoms with E-state index in [1.165, 1.54) is 10.4 Å². The van der Waals surface area contributed by atoms with Crippen LogP contribution in [0.4, 0.5) is 18.9 Å². The van der Waals surface area contributed by atoms with Gasteiger partial charge in [-0.2, -0.15) is 18.2 Å². The van der Waals surface area contributed by atoms with E-state index in [1.54, 1.807) is 0 Å². The van der Waals surface area contributed by atoms with Crippen molar-refractivity contribution in [3.63, 3.8) is 0 Å². The highest BCUT2D eigenvalue weighted by molar-refractivity contribution is 7.86. The van der Waals surface area contributed by atoms with Gasteiger partial charge in [-0.05, 0) is 31.0 Å². The van der Waals surface area contributed by atoms with Crippen LogP contribution < -0.4 is 15.8 Å². The van der Waals surface area contributed by atoms with Crippen LogP contribution in [0.1, 0.15) is 28.8 Å². The van der Waals surface area contributed by atoms with Crippen LogP contribution in [0.5, 0.6) is 0 Å². The summed E-state index contributed by atoms with van der Waals surface area (Å²) < 4.78 is 53.1. The second-order valence-corrected chi connectivity index (χ2v) is 6.40. The van der Waals surface area contributed by atoms with Crippen LogP contribution in [0.2, 0.25) is 0 Å². The van der Waals surface area contributed by atoms with Crippen LogP contribution >= 0.6 is 0 Å². The summed E-state index contributed by atoms with van der Waals surface area (Å²) in [6.07, 6.45) is -3.35. The van der Waals surface area contributed by atoms with Crippen molar-refractivity contribution in [2.24, 2.45) is 16.5 Å². The van der Waals surface area contributed by atoms with Crippen molar-refractivity contribution >= 4 is 28.5 Å². The molecule has 1 aromatic carbocycles. The zero-order valence-electron chi connectivity index (χ0n) is 12.0. The van der Waals surface area contributed by atoms with Crippen molar-refractivity contribution in [2.75, 3.05) is 16.6 Å². The van der Waals surface area contributed by atoms with Gasteiger partial charge in [-0.15, -0.1) is 0 Å². The Kier molecular flexibility index (Phi) is 4.93. The maximum Gasteiger partial charge on any atom is 0.418 e. The van der Waals surface area contributed by atoms with Crippen molar-refractivity contribution in [2.45, 2.75) is 19.0 Å². The maximum absolute atomic E-state index is 13.3. The van der Waals surface area contributed by atoms with Crippen molar-refractivity contribution in [3.8, 4) is 0 Å². The minimum Gasteiger partial charge on any atom is -0.370 e. The fraction of sp³-hybridized carbons (Fsp3) is 0.385. The van der Waals surface area contributed by atoms with Crippen molar-refractivity contribution in [3.05, 3.63) is 29.3 Å². The van der Waals surface area contributed by atoms with Gasteiger partial charge in [0.15, 0.2) is 5.96 Å². The van der Waals surface area contributed by atoms with Crippen LogP contribution in [0.3, 0.4) is 0 Å². The smallest absolute Gasteiger partial charge is 0.370 e. The number of hydrogen-bond acceptors (Lipinski definition) is 2. The van der Waals surface area contributed by atoms with Crippen LogP contribution in [0.15, 0.2) is 23.2 Å². The summed E-state index contributed by atoms with van der Waals surface area (Å²) in [5.41, 5.74) is 8.57. The lowest BCUT2D eigenvalue weighted by atomic mass is 10.1. The predicted octanol–water partition coefficient (Wildman–Crippen LogP) is 1.38. The Hall–Kier alpha value is -2.10. The lowest BCUT2D eigenvalue weighted by Gasteiger charge is -2.29. The molecule has 23 heavy (non-hydrogen) atoms. The van der Waals surface area contributed by atoms with Crippen LogP contribution in [-0.4, -0.2) is 28.4 Å². The van der Waals surface area contributed by atoms with Crippen LogP contribution in [-0.2, 0) is 17.2 Å². The molecule has 1 unspecified atom stereocenters. The summed E-state index contributed by atoms with van der Waals surface area (Å²) in [7, 11) is -1.52. The largest absolute Gasteiger partial charge is 0.418 e. The molecule has 1 aliphatic heterocycles. The topological polar surface area (TPSA) is 102 Å². The summed E-state index contributed by atoms with van der Waals surface area (Å²) in [6.45, 7) is 0.261. The van der Waals surface area contributed by atoms with E-state index >= 15 is 0 Å². The number of amides is 1. The lowest BCUT2D eigenvalue weighted by molar-refractivity contribution is -0.137. The molecule has 1 aromatic rings. The van der Waals surface area contributed by atoms with Gasteiger partial charge in [0.1, 0.15) is 11.0 Å². The number of benzene rings is 1. The highest BCUT2D eigenvalue weighted by Gasteiger charge is 2.37. The Bertz CT molecular complexity index is 672. The molecule has 1 atom stereocenters. The fourth-order valence-corrected chi connectivity index (χ4v) is 3.60. The van der Waals surface area contributed by atoms with Crippen molar-refractivity contribution < 1.29 is 22.2 Å². The van der Waals surface area contributed by atoms with Gasteiger partial charge < -0.3 is 11.5 Å². The quantitative estimate of drug-likeness (QED) is 0.623. The molecule has 0 bridgehead atoms. The van der Waals surface area contributed by atoms with E-state index in [0.717, 1.165) is 6.07 Å². The molecule has 126 valence electrons. The number of anilines is 1. The van der Waals surface area contributed by atoms with Gasteiger partial charge >= 0.3 is 6.18 Å². The molecule has 1 amide bonds. The first-order valence-electron chi connectivity index (χ1n) is 6.71. The van der Waals surface area contributed by atoms with Gasteiger partial charge in [-0.25, -0.2) is 4.21 Å². The molecular formula is C13H15F3N4O2S. The van der Waals surface area contributed by atoms with E-state index < -0.39 is 34.6 Å². The second kappa shape index (κ2) is 6.57. The standard InChI is InChI=1S/C13H15F3N4O2S/c14-13(15,16)9-7-8(11(21)19-12(17)18)3-4-10(9)20-5-1-2-6-23(20)22/h3-4,7H,1-2,5-6H2,(H4,17,18,19,21). The number of halogens is 3. The van der Waals surface area contributed by atoms with Gasteiger partial charge in [0, 0.05) is 17.9 Å². The minimum absolute atomic E-state index is 0.211. The predicted molar refractivity (Wildman–Crippen MR) is 81.2 cm³/mol. The number of nitrogens with zero attached hydrogens (tertiary/aromatic N) is 2. The SMILES string of the molecule is NC(N)=NC(=O)c1ccc(N2CCCCS2=O)c(C(F)(F)F)c1. The highest BCUT2D eigenvalue weighted by Crippen LogP contribution is 2.38. The molecule has 0 radical (unpaired) electrons. The number of guanidine groups is 1. The molecule has 1 fully saturated rings. The van der Waals surface area contributed by atoms with Gasteiger partial charge in [0.25, 0.3) is 5.91 Å². The minimum atomic E-state index is -4.70. The lowest BCUT2D eigenvalue weighted by Crippen LogP contribution is -2.34. The van der Waals surface area contributed by atoms with E-state index in [4.69, 9.17) is 11.5 Å². The number of aliphatic imine (C=N–C) groups is 1. The maximum atomic E-state index is 13.3. The van der Waals surface area contributed by atoms with Gasteiger partial charge in [-0.1, -0.05) is 0 Å². The van der Waals surface area contributed by atoms with E-state index in [-0.39, 0.29) is 17.8 Å². The Morgan fingerprint density at radius 2 is 1.96 bits per heavy atom. The molecule has 10 heteroatoms. The summed E-state index contributed by atoms with van der Waals surface area (Å²) in [5, 5.41) is 0. The molecule has 1 saturated heterocycles. The van der Waals surface area contributed by atoms with Gasteiger partial charge in [0.05, 0.1) is 11.3 Å². The highest BCUT2D eigenvalue weighted by atomic mass is 32.2. The molecule has 1 aliphatic rings. The van der Waals surface area contributed by atoms with Gasteiger partial charge in [-0.3, -0.25) is 9.10 Å². The summed E-state index contributed by atoms with van der Waals surface area (Å²) in [4.78, 5) is 14.9. The van der Waals surface area contributed by atoms with Crippen molar-refractivity contribution in [1.29, 1.82) is 0 Å². The molecule has 0 saturated carbocycles. The number of nitrogens with two attached hydrogens (primary N) is 2. The fourth-order valence-electron chi connectivity index (χ4n) is 2.22. The number of hydrogen-bond donors (Lipinski definition) is 2. The first-order chi connectivity index (χ1) is 10.7. The third-order valence-electron chi connectivity index (χ3n) is 3.22. The van der Waals surface area contributed by atoms with Crippen LogP contribution in [0.25, 0.3) is 0 Å².